The number of benzene rings is 2. The molecular formula is C24H26F4N4O2S. The van der Waals surface area contributed by atoms with Crippen LogP contribution in [-0.4, -0.2) is 39.0 Å². The Morgan fingerprint density at radius 2 is 1.80 bits per heavy atom. The highest BCUT2D eigenvalue weighted by atomic mass is 32.2. The fourth-order valence-electron chi connectivity index (χ4n) is 4.29. The van der Waals surface area contributed by atoms with Crippen LogP contribution in [0, 0.1) is 18.7 Å². The van der Waals surface area contributed by atoms with Crippen molar-refractivity contribution in [3.05, 3.63) is 48.0 Å². The summed E-state index contributed by atoms with van der Waals surface area (Å²) in [6, 6.07) is 7.47. The number of nitrogens with zero attached hydrogens (tertiary/aromatic N) is 3. The molecule has 4 rings (SSSR count). The van der Waals surface area contributed by atoms with Gasteiger partial charge >= 0.3 is 6.18 Å². The molecule has 1 N–H and O–H groups in total. The van der Waals surface area contributed by atoms with E-state index in [-0.39, 0.29) is 31.4 Å². The first-order chi connectivity index (χ1) is 16.4. The number of aromatic nitrogens is 2. The lowest BCUT2D eigenvalue weighted by molar-refractivity contribution is -0.185. The van der Waals surface area contributed by atoms with Gasteiger partial charge in [-0.2, -0.15) is 17.5 Å². The number of nitrogens with one attached hydrogen (secondary N) is 1. The monoisotopic (exact) mass is 510 g/mol. The molecule has 11 heteroatoms. The summed E-state index contributed by atoms with van der Waals surface area (Å²) in [5, 5.41) is 3.86. The summed E-state index contributed by atoms with van der Waals surface area (Å²) in [5.41, 5.74) is 2.35. The first-order valence-corrected chi connectivity index (χ1v) is 13.4. The van der Waals surface area contributed by atoms with Gasteiger partial charge in [0.25, 0.3) is 0 Å². The fourth-order valence-corrected chi connectivity index (χ4v) is 4.90. The molecule has 0 bridgehead atoms. The van der Waals surface area contributed by atoms with Gasteiger partial charge in [-0.1, -0.05) is 0 Å². The highest BCUT2D eigenvalue weighted by molar-refractivity contribution is 7.92. The van der Waals surface area contributed by atoms with Gasteiger partial charge in [-0.25, -0.2) is 18.6 Å². The number of fused-ring (bicyclic) bond motifs is 1. The first kappa shape index (κ1) is 25.2. The maximum Gasteiger partial charge on any atom is 0.391 e. The Hall–Kier alpha value is -2.95. The first-order valence-electron chi connectivity index (χ1n) is 11.1. The van der Waals surface area contributed by atoms with Gasteiger partial charge in [0.05, 0.1) is 28.9 Å². The molecule has 2 aromatic carbocycles. The molecular weight excluding hydrogens is 484 g/mol. The number of ether oxygens (including phenoxy) is 1. The van der Waals surface area contributed by atoms with E-state index < -0.39 is 33.7 Å². The van der Waals surface area contributed by atoms with Crippen molar-refractivity contribution < 1.29 is 26.5 Å². The van der Waals surface area contributed by atoms with Crippen LogP contribution in [0.25, 0.3) is 10.9 Å². The van der Waals surface area contributed by atoms with Gasteiger partial charge in [0.2, 0.25) is 0 Å². The average molecular weight is 511 g/mol. The summed E-state index contributed by atoms with van der Waals surface area (Å²) in [7, 11) is -2.36. The lowest BCUT2D eigenvalue weighted by Gasteiger charge is -2.30. The third-order valence-electron chi connectivity index (χ3n) is 5.87. The molecule has 0 aliphatic heterocycles. The molecule has 1 aliphatic carbocycles. The van der Waals surface area contributed by atoms with Crippen molar-refractivity contribution in [2.24, 2.45) is 10.3 Å². The smallest absolute Gasteiger partial charge is 0.391 e. The van der Waals surface area contributed by atoms with Gasteiger partial charge in [-0.05, 0) is 62.4 Å². The van der Waals surface area contributed by atoms with Gasteiger partial charge in [0.15, 0.2) is 0 Å². The van der Waals surface area contributed by atoms with Gasteiger partial charge in [0.1, 0.15) is 23.7 Å². The summed E-state index contributed by atoms with van der Waals surface area (Å²) in [5.74, 6) is -1.20. The Balaban J connectivity index is 1.62. The molecule has 3 aromatic rings. The number of hydrogen-bond donors (Lipinski definition) is 1. The zero-order chi connectivity index (χ0) is 25.4. The van der Waals surface area contributed by atoms with Crippen LogP contribution in [0.3, 0.4) is 0 Å². The second kappa shape index (κ2) is 9.60. The quantitative estimate of drug-likeness (QED) is 0.388. The lowest BCUT2D eigenvalue weighted by atomic mass is 9.87. The fraction of sp³-hybridized carbons (Fsp3) is 0.417. The highest BCUT2D eigenvalue weighted by Crippen LogP contribution is 2.40. The molecule has 1 saturated carbocycles. The van der Waals surface area contributed by atoms with Crippen molar-refractivity contribution in [2.45, 2.75) is 44.9 Å². The molecule has 6 nitrogen and oxygen atoms in total. The largest absolute Gasteiger partial charge is 0.488 e. The third-order valence-corrected chi connectivity index (χ3v) is 6.52. The van der Waals surface area contributed by atoms with Crippen molar-refractivity contribution in [3.8, 4) is 5.75 Å². The minimum atomic E-state index is -4.21. The SMILES string of the molecule is Cc1cc(N=S(C)(C)=O)cc2ncnc(Nc3ccc(F)cc3OC3CCC(C(F)(F)F)CC3)c12. The Bertz CT molecular complexity index is 1350. The predicted molar refractivity (Wildman–Crippen MR) is 128 cm³/mol. The average Bonchev–Trinajstić information content (AvgIpc) is 2.74. The number of alkyl halides is 3. The van der Waals surface area contributed by atoms with E-state index in [0.717, 1.165) is 5.56 Å². The number of hydrogen-bond acceptors (Lipinski definition) is 6. The second-order valence-corrected chi connectivity index (χ2v) is 11.6. The Morgan fingerprint density at radius 1 is 1.09 bits per heavy atom. The summed E-state index contributed by atoms with van der Waals surface area (Å²) in [4.78, 5) is 8.64. The molecule has 35 heavy (non-hydrogen) atoms. The van der Waals surface area contributed by atoms with Crippen LogP contribution < -0.4 is 10.1 Å². The molecule has 0 spiro atoms. The topological polar surface area (TPSA) is 76.5 Å². The number of halogens is 4. The van der Waals surface area contributed by atoms with E-state index in [1.807, 2.05) is 6.92 Å². The number of anilines is 2. The molecule has 0 radical (unpaired) electrons. The molecule has 0 atom stereocenters. The summed E-state index contributed by atoms with van der Waals surface area (Å²) in [6.45, 7) is 1.85. The predicted octanol–water partition coefficient (Wildman–Crippen LogP) is 6.68. The van der Waals surface area contributed by atoms with Crippen LogP contribution in [0.2, 0.25) is 0 Å². The van der Waals surface area contributed by atoms with E-state index in [4.69, 9.17) is 4.74 Å². The van der Waals surface area contributed by atoms with Crippen LogP contribution in [0.1, 0.15) is 31.2 Å². The standard InChI is InChI=1S/C24H26F4N4O2S/c1-14-10-17(32-35(2,3)33)12-20-22(14)23(30-13-29-20)31-19-9-6-16(25)11-21(19)34-18-7-4-15(5-8-18)24(26,27)28/h6,9-13,15,18H,4-5,7-8H2,1-3H3,(H,29,30,31). The van der Waals surface area contributed by atoms with E-state index in [2.05, 4.69) is 19.6 Å². The minimum Gasteiger partial charge on any atom is -0.488 e. The molecule has 1 fully saturated rings. The number of rotatable bonds is 5. The van der Waals surface area contributed by atoms with Crippen LogP contribution >= 0.6 is 0 Å². The van der Waals surface area contributed by atoms with Gasteiger partial charge in [-0.3, -0.25) is 0 Å². The van der Waals surface area contributed by atoms with Crippen LogP contribution in [0.5, 0.6) is 5.75 Å². The normalized spacial score (nSPS) is 18.9. The maximum atomic E-state index is 14.0. The summed E-state index contributed by atoms with van der Waals surface area (Å²) < 4.78 is 75.3. The summed E-state index contributed by atoms with van der Waals surface area (Å²) >= 11 is 0. The van der Waals surface area contributed by atoms with Gasteiger partial charge in [0, 0.05) is 33.7 Å². The molecule has 0 saturated heterocycles. The molecule has 1 aromatic heterocycles. The van der Waals surface area contributed by atoms with Gasteiger partial charge < -0.3 is 10.1 Å². The molecule has 188 valence electrons. The Morgan fingerprint density at radius 3 is 2.46 bits per heavy atom. The van der Waals surface area contributed by atoms with Crippen molar-refractivity contribution in [1.29, 1.82) is 0 Å². The molecule has 0 amide bonds. The Kier molecular flexibility index (Phi) is 6.90. The van der Waals surface area contributed by atoms with Crippen molar-refractivity contribution in [1.82, 2.24) is 9.97 Å². The summed E-state index contributed by atoms with van der Waals surface area (Å²) in [6.07, 6.45) is 0.249. The van der Waals surface area contributed by atoms with Gasteiger partial charge in [-0.15, -0.1) is 0 Å². The van der Waals surface area contributed by atoms with E-state index in [9.17, 15) is 21.8 Å². The highest BCUT2D eigenvalue weighted by Gasteiger charge is 2.41. The van der Waals surface area contributed by atoms with Crippen LogP contribution in [0.15, 0.2) is 41.0 Å². The molecule has 1 aliphatic rings. The van der Waals surface area contributed by atoms with Crippen molar-refractivity contribution in [3.63, 3.8) is 0 Å². The van der Waals surface area contributed by atoms with Crippen LogP contribution in [-0.2, 0) is 9.73 Å². The van der Waals surface area contributed by atoms with E-state index in [1.54, 1.807) is 24.6 Å². The molecule has 1 heterocycles. The van der Waals surface area contributed by atoms with E-state index in [1.165, 1.54) is 24.5 Å². The third kappa shape index (κ3) is 6.19. The van der Waals surface area contributed by atoms with E-state index >= 15 is 0 Å². The van der Waals surface area contributed by atoms with E-state index in [0.29, 0.717) is 28.1 Å². The molecule has 0 unspecified atom stereocenters. The zero-order valence-corrected chi connectivity index (χ0v) is 20.3. The van der Waals surface area contributed by atoms with Crippen molar-refractivity contribution in [2.75, 3.05) is 17.8 Å². The minimum absolute atomic E-state index is 0.0166. The zero-order valence-electron chi connectivity index (χ0n) is 19.5. The maximum absolute atomic E-state index is 14.0. The van der Waals surface area contributed by atoms with Crippen LogP contribution in [0.4, 0.5) is 34.8 Å². The van der Waals surface area contributed by atoms with Crippen molar-refractivity contribution >= 4 is 37.8 Å². The Labute approximate surface area is 201 Å². The number of aryl methyl sites for hydroxylation is 1. The second-order valence-electron chi connectivity index (χ2n) is 9.05. The lowest BCUT2D eigenvalue weighted by Crippen LogP contribution is -2.32.